The van der Waals surface area contributed by atoms with Crippen molar-refractivity contribution in [3.63, 3.8) is 0 Å². The summed E-state index contributed by atoms with van der Waals surface area (Å²) in [6.07, 6.45) is 1.57. The molecule has 0 aliphatic heterocycles. The summed E-state index contributed by atoms with van der Waals surface area (Å²) < 4.78 is 40.9. The predicted molar refractivity (Wildman–Crippen MR) is 66.2 cm³/mol. The number of benzene rings is 1. The minimum Gasteiger partial charge on any atom is -0.325 e. The summed E-state index contributed by atoms with van der Waals surface area (Å²) in [4.78, 5) is 4.09. The van der Waals surface area contributed by atoms with Crippen LogP contribution in [0.1, 0.15) is 5.69 Å². The van der Waals surface area contributed by atoms with E-state index < -0.39 is 17.5 Å². The van der Waals surface area contributed by atoms with Gasteiger partial charge in [-0.3, -0.25) is 0 Å². The molecule has 7 heteroatoms. The number of hydrogen-bond acceptors (Lipinski definition) is 3. The topological polar surface area (TPSA) is 56.2 Å². The lowest BCUT2D eigenvalue weighted by Gasteiger charge is -2.04. The molecular weight excluding hydrogens is 269 g/mol. The summed E-state index contributed by atoms with van der Waals surface area (Å²) >= 11 is 0. The van der Waals surface area contributed by atoms with Gasteiger partial charge in [-0.05, 0) is 24.3 Å². The molecule has 2 N–H and O–H groups in total. The second-order valence-corrected chi connectivity index (χ2v) is 4.20. The third-order valence-corrected chi connectivity index (χ3v) is 2.92. The van der Waals surface area contributed by atoms with E-state index in [1.165, 1.54) is 4.52 Å². The van der Waals surface area contributed by atoms with Gasteiger partial charge in [-0.2, -0.15) is 5.10 Å². The summed E-state index contributed by atoms with van der Waals surface area (Å²) in [5.74, 6) is -4.02. The molecule has 2 heterocycles. The van der Waals surface area contributed by atoms with Crippen molar-refractivity contribution in [3.05, 3.63) is 53.6 Å². The molecule has 0 saturated carbocycles. The van der Waals surface area contributed by atoms with Gasteiger partial charge in [0.2, 0.25) is 0 Å². The van der Waals surface area contributed by atoms with Crippen LogP contribution in [0.15, 0.2) is 30.5 Å². The van der Waals surface area contributed by atoms with Crippen LogP contribution in [0.25, 0.3) is 16.9 Å². The van der Waals surface area contributed by atoms with Crippen LogP contribution in [-0.4, -0.2) is 14.6 Å². The fourth-order valence-electron chi connectivity index (χ4n) is 1.92. The van der Waals surface area contributed by atoms with Crippen molar-refractivity contribution in [2.24, 2.45) is 5.73 Å². The van der Waals surface area contributed by atoms with Crippen LogP contribution >= 0.6 is 0 Å². The molecule has 102 valence electrons. The van der Waals surface area contributed by atoms with E-state index in [0.717, 1.165) is 12.1 Å². The van der Waals surface area contributed by atoms with Crippen molar-refractivity contribution < 1.29 is 13.2 Å². The Labute approximate surface area is 111 Å². The Morgan fingerprint density at radius 1 is 1.10 bits per heavy atom. The zero-order valence-corrected chi connectivity index (χ0v) is 10.1. The van der Waals surface area contributed by atoms with Crippen LogP contribution in [0.5, 0.6) is 0 Å². The standard InChI is InChI=1S/C13H9F3N4/c14-9-3-7(4-10(15)13(9)16)11-1-2-12-18-6-8(5-17)20(12)19-11/h1-4,6H,5,17H2. The maximum atomic E-state index is 13.2. The molecule has 20 heavy (non-hydrogen) atoms. The number of fused-ring (bicyclic) bond motifs is 1. The average Bonchev–Trinajstić information content (AvgIpc) is 2.86. The Morgan fingerprint density at radius 3 is 2.45 bits per heavy atom. The van der Waals surface area contributed by atoms with E-state index in [9.17, 15) is 13.2 Å². The normalized spacial score (nSPS) is 11.2. The highest BCUT2D eigenvalue weighted by molar-refractivity contribution is 5.60. The van der Waals surface area contributed by atoms with Crippen molar-refractivity contribution in [1.82, 2.24) is 14.6 Å². The second kappa shape index (κ2) is 4.61. The largest absolute Gasteiger partial charge is 0.325 e. The summed E-state index contributed by atoms with van der Waals surface area (Å²) in [6, 6.07) is 4.98. The zero-order valence-electron chi connectivity index (χ0n) is 10.1. The maximum absolute atomic E-state index is 13.2. The van der Waals surface area contributed by atoms with E-state index in [4.69, 9.17) is 5.73 Å². The van der Waals surface area contributed by atoms with E-state index in [-0.39, 0.29) is 12.1 Å². The summed E-state index contributed by atoms with van der Waals surface area (Å²) in [5, 5.41) is 4.21. The average molecular weight is 278 g/mol. The number of nitrogens with zero attached hydrogens (tertiary/aromatic N) is 3. The smallest absolute Gasteiger partial charge is 0.194 e. The van der Waals surface area contributed by atoms with Gasteiger partial charge in [0.25, 0.3) is 0 Å². The van der Waals surface area contributed by atoms with Crippen LogP contribution < -0.4 is 5.73 Å². The van der Waals surface area contributed by atoms with Crippen LogP contribution in [-0.2, 0) is 6.54 Å². The first-order valence-electron chi connectivity index (χ1n) is 5.79. The molecule has 0 aliphatic carbocycles. The van der Waals surface area contributed by atoms with Gasteiger partial charge in [-0.25, -0.2) is 22.7 Å². The number of aromatic nitrogens is 3. The van der Waals surface area contributed by atoms with Gasteiger partial charge in [-0.1, -0.05) is 0 Å². The molecule has 0 amide bonds. The van der Waals surface area contributed by atoms with E-state index in [1.807, 2.05) is 0 Å². The Bertz CT molecular complexity index is 774. The van der Waals surface area contributed by atoms with Crippen molar-refractivity contribution in [1.29, 1.82) is 0 Å². The first kappa shape index (κ1) is 12.6. The lowest BCUT2D eigenvalue weighted by atomic mass is 10.1. The minimum absolute atomic E-state index is 0.139. The van der Waals surface area contributed by atoms with Gasteiger partial charge in [0.05, 0.1) is 17.6 Å². The van der Waals surface area contributed by atoms with E-state index in [0.29, 0.717) is 17.0 Å². The molecule has 0 atom stereocenters. The SMILES string of the molecule is NCc1cnc2ccc(-c3cc(F)c(F)c(F)c3)nn12. The molecule has 1 aromatic carbocycles. The Hall–Kier alpha value is -2.41. The minimum atomic E-state index is -1.50. The number of halogens is 3. The van der Waals surface area contributed by atoms with Gasteiger partial charge in [0.1, 0.15) is 0 Å². The van der Waals surface area contributed by atoms with E-state index in [2.05, 4.69) is 10.1 Å². The van der Waals surface area contributed by atoms with Gasteiger partial charge >= 0.3 is 0 Å². The highest BCUT2D eigenvalue weighted by Crippen LogP contribution is 2.22. The van der Waals surface area contributed by atoms with Crippen molar-refractivity contribution >= 4 is 5.65 Å². The van der Waals surface area contributed by atoms with Crippen LogP contribution in [0.3, 0.4) is 0 Å². The number of imidazole rings is 1. The summed E-state index contributed by atoms with van der Waals surface area (Å²) in [7, 11) is 0. The molecular formula is C13H9F3N4. The monoisotopic (exact) mass is 278 g/mol. The molecule has 0 unspecified atom stereocenters. The fourth-order valence-corrected chi connectivity index (χ4v) is 1.92. The van der Waals surface area contributed by atoms with Crippen LogP contribution in [0.4, 0.5) is 13.2 Å². The lowest BCUT2D eigenvalue weighted by molar-refractivity contribution is 0.447. The predicted octanol–water partition coefficient (Wildman–Crippen LogP) is 2.27. The van der Waals surface area contributed by atoms with Crippen LogP contribution in [0.2, 0.25) is 0 Å². The van der Waals surface area contributed by atoms with Gasteiger partial charge in [0.15, 0.2) is 23.1 Å². The molecule has 3 rings (SSSR count). The highest BCUT2D eigenvalue weighted by atomic mass is 19.2. The van der Waals surface area contributed by atoms with Crippen molar-refractivity contribution in [2.45, 2.75) is 6.54 Å². The van der Waals surface area contributed by atoms with E-state index >= 15 is 0 Å². The van der Waals surface area contributed by atoms with Crippen molar-refractivity contribution in [3.8, 4) is 11.3 Å². The molecule has 0 saturated heterocycles. The molecule has 3 aromatic rings. The number of nitrogens with two attached hydrogens (primary N) is 1. The third-order valence-electron chi connectivity index (χ3n) is 2.92. The Morgan fingerprint density at radius 2 is 1.80 bits per heavy atom. The molecule has 0 fully saturated rings. The van der Waals surface area contributed by atoms with Crippen LogP contribution in [0, 0.1) is 17.5 Å². The first-order valence-corrected chi connectivity index (χ1v) is 5.79. The van der Waals surface area contributed by atoms with E-state index in [1.54, 1.807) is 18.3 Å². The highest BCUT2D eigenvalue weighted by Gasteiger charge is 2.13. The molecule has 0 bridgehead atoms. The molecule has 2 aromatic heterocycles. The summed E-state index contributed by atoms with van der Waals surface area (Å²) in [5.41, 5.74) is 7.20. The first-order chi connectivity index (χ1) is 9.60. The number of rotatable bonds is 2. The molecule has 0 aliphatic rings. The van der Waals surface area contributed by atoms with Gasteiger partial charge in [0, 0.05) is 12.1 Å². The fraction of sp³-hybridized carbons (Fsp3) is 0.0769. The van der Waals surface area contributed by atoms with Gasteiger partial charge < -0.3 is 5.73 Å². The second-order valence-electron chi connectivity index (χ2n) is 4.20. The number of hydrogen-bond donors (Lipinski definition) is 1. The Kier molecular flexibility index (Phi) is 2.90. The van der Waals surface area contributed by atoms with Crippen molar-refractivity contribution in [2.75, 3.05) is 0 Å². The summed E-state index contributed by atoms with van der Waals surface area (Å²) in [6.45, 7) is 0.226. The quantitative estimate of drug-likeness (QED) is 0.732. The van der Waals surface area contributed by atoms with Gasteiger partial charge in [-0.15, -0.1) is 0 Å². The molecule has 4 nitrogen and oxygen atoms in total. The maximum Gasteiger partial charge on any atom is 0.194 e. The molecule has 0 radical (unpaired) electrons. The third kappa shape index (κ3) is 1.92. The lowest BCUT2D eigenvalue weighted by Crippen LogP contribution is -2.04. The Balaban J connectivity index is 2.19. The zero-order chi connectivity index (χ0) is 14.3. The molecule has 0 spiro atoms.